The van der Waals surface area contributed by atoms with Crippen molar-refractivity contribution in [2.24, 2.45) is 0 Å². The number of halogens is 1. The van der Waals surface area contributed by atoms with Crippen molar-refractivity contribution < 1.29 is 23.8 Å². The molecule has 4 aromatic rings. The van der Waals surface area contributed by atoms with Crippen molar-refractivity contribution in [3.63, 3.8) is 0 Å². The van der Waals surface area contributed by atoms with Gasteiger partial charge >= 0.3 is 11.9 Å². The molecular formula is C26H24ClN5O5. The van der Waals surface area contributed by atoms with Crippen LogP contribution >= 0.6 is 11.6 Å². The molecule has 0 spiro atoms. The second-order valence-corrected chi connectivity index (χ2v) is 9.19. The lowest BCUT2D eigenvalue weighted by Gasteiger charge is -2.19. The molecule has 1 aliphatic rings. The summed E-state index contributed by atoms with van der Waals surface area (Å²) in [6, 6.07) is 14.1. The first-order valence-electron chi connectivity index (χ1n) is 11.6. The van der Waals surface area contributed by atoms with Gasteiger partial charge in [-0.2, -0.15) is 9.97 Å². The number of carbonyl (C=O) groups is 2. The van der Waals surface area contributed by atoms with Crippen molar-refractivity contribution >= 4 is 40.7 Å². The largest absolute Gasteiger partial charge is 0.459 e. The van der Waals surface area contributed by atoms with Gasteiger partial charge in [0.2, 0.25) is 5.95 Å². The first-order valence-corrected chi connectivity index (χ1v) is 12.0. The Morgan fingerprint density at radius 3 is 2.30 bits per heavy atom. The molecule has 1 saturated heterocycles. The van der Waals surface area contributed by atoms with Crippen molar-refractivity contribution in [2.75, 3.05) is 12.3 Å². The number of nitrogen functional groups attached to an aromatic ring is 1. The Balaban J connectivity index is 1.37. The molecule has 0 bridgehead atoms. The van der Waals surface area contributed by atoms with Gasteiger partial charge in [-0.05, 0) is 38.1 Å². The van der Waals surface area contributed by atoms with E-state index < -0.39 is 30.4 Å². The average molecular weight is 522 g/mol. The summed E-state index contributed by atoms with van der Waals surface area (Å²) in [6.07, 6.45) is -0.307. The highest BCUT2D eigenvalue weighted by Crippen LogP contribution is 2.34. The summed E-state index contributed by atoms with van der Waals surface area (Å²) in [5, 5.41) is 0.116. The molecule has 0 radical (unpaired) electrons. The summed E-state index contributed by atoms with van der Waals surface area (Å²) in [5.41, 5.74) is 9.39. The third-order valence-corrected chi connectivity index (χ3v) is 6.36. The Kier molecular flexibility index (Phi) is 6.77. The van der Waals surface area contributed by atoms with Gasteiger partial charge in [0.05, 0.1) is 17.5 Å². The molecule has 1 fully saturated rings. The first-order chi connectivity index (χ1) is 17.8. The van der Waals surface area contributed by atoms with E-state index in [9.17, 15) is 9.59 Å². The number of hydrogen-bond acceptors (Lipinski definition) is 9. The predicted molar refractivity (Wildman–Crippen MR) is 135 cm³/mol. The molecule has 2 aromatic carbocycles. The molecule has 5 rings (SSSR count). The van der Waals surface area contributed by atoms with Crippen LogP contribution in [0, 0.1) is 13.8 Å². The lowest BCUT2D eigenvalue weighted by molar-refractivity contribution is -0.0563. The van der Waals surface area contributed by atoms with Gasteiger partial charge in [-0.15, -0.1) is 0 Å². The van der Waals surface area contributed by atoms with Crippen LogP contribution in [0.3, 0.4) is 0 Å². The van der Waals surface area contributed by atoms with Gasteiger partial charge < -0.3 is 19.9 Å². The van der Waals surface area contributed by atoms with Gasteiger partial charge in [0.15, 0.2) is 10.8 Å². The number of rotatable bonds is 6. The Morgan fingerprint density at radius 1 is 1.03 bits per heavy atom. The molecule has 3 heterocycles. The van der Waals surface area contributed by atoms with Crippen LogP contribution in [0.15, 0.2) is 54.9 Å². The molecule has 0 amide bonds. The van der Waals surface area contributed by atoms with Crippen LogP contribution in [-0.4, -0.2) is 50.3 Å². The molecule has 0 saturated carbocycles. The molecule has 11 heteroatoms. The van der Waals surface area contributed by atoms with E-state index in [2.05, 4.69) is 15.0 Å². The fraction of sp³-hybridized carbons (Fsp3) is 0.269. The van der Waals surface area contributed by atoms with Gasteiger partial charge in [-0.1, -0.05) is 47.0 Å². The maximum Gasteiger partial charge on any atom is 0.338 e. The van der Waals surface area contributed by atoms with E-state index in [0.717, 1.165) is 11.1 Å². The molecule has 3 atom stereocenters. The fourth-order valence-electron chi connectivity index (χ4n) is 4.08. The zero-order valence-corrected chi connectivity index (χ0v) is 20.9. The van der Waals surface area contributed by atoms with Crippen molar-refractivity contribution in [2.45, 2.75) is 38.7 Å². The maximum absolute atomic E-state index is 12.9. The van der Waals surface area contributed by atoms with E-state index in [1.54, 1.807) is 28.8 Å². The summed E-state index contributed by atoms with van der Waals surface area (Å²) < 4.78 is 19.2. The maximum atomic E-state index is 12.9. The topological polar surface area (TPSA) is 131 Å². The number of hydrogen-bond donors (Lipinski definition) is 1. The number of aryl methyl sites for hydroxylation is 2. The van der Waals surface area contributed by atoms with Crippen LogP contribution in [0.1, 0.15) is 44.5 Å². The van der Waals surface area contributed by atoms with E-state index in [1.165, 1.54) is 6.33 Å². The van der Waals surface area contributed by atoms with Gasteiger partial charge in [-0.25, -0.2) is 14.6 Å². The van der Waals surface area contributed by atoms with Crippen LogP contribution in [-0.2, 0) is 14.2 Å². The Labute approximate surface area is 217 Å². The molecule has 0 aliphatic carbocycles. The zero-order valence-electron chi connectivity index (χ0n) is 20.1. The number of aromatic nitrogens is 4. The first kappa shape index (κ1) is 24.7. The van der Waals surface area contributed by atoms with E-state index in [-0.39, 0.29) is 24.1 Å². The van der Waals surface area contributed by atoms with Crippen molar-refractivity contribution in [1.29, 1.82) is 0 Å². The molecule has 1 unspecified atom stereocenters. The molecule has 2 N–H and O–H groups in total. The predicted octanol–water partition coefficient (Wildman–Crippen LogP) is 4.05. The number of esters is 2. The Morgan fingerprint density at radius 2 is 1.65 bits per heavy atom. The number of nitrogens with two attached hydrogens (primary N) is 1. The van der Waals surface area contributed by atoms with Crippen LogP contribution in [0.5, 0.6) is 0 Å². The number of benzene rings is 2. The van der Waals surface area contributed by atoms with Gasteiger partial charge in [0, 0.05) is 6.42 Å². The van der Waals surface area contributed by atoms with E-state index in [0.29, 0.717) is 22.3 Å². The number of nitrogens with zero attached hydrogens (tertiary/aromatic N) is 4. The number of carbonyl (C=O) groups excluding carboxylic acids is 2. The van der Waals surface area contributed by atoms with E-state index >= 15 is 0 Å². The summed E-state index contributed by atoms with van der Waals surface area (Å²) in [5.74, 6) is -1.02. The van der Waals surface area contributed by atoms with Crippen LogP contribution in [0.2, 0.25) is 5.15 Å². The molecule has 190 valence electrons. The summed E-state index contributed by atoms with van der Waals surface area (Å²) in [7, 11) is 0. The highest BCUT2D eigenvalue weighted by atomic mass is 35.5. The number of anilines is 1. The van der Waals surface area contributed by atoms with Crippen LogP contribution in [0.4, 0.5) is 5.95 Å². The minimum absolute atomic E-state index is 0.0110. The number of fused-ring (bicyclic) bond motifs is 1. The van der Waals surface area contributed by atoms with Crippen molar-refractivity contribution in [3.05, 3.63) is 82.3 Å². The lowest BCUT2D eigenvalue weighted by Crippen LogP contribution is -2.32. The van der Waals surface area contributed by atoms with Crippen LogP contribution < -0.4 is 5.73 Å². The van der Waals surface area contributed by atoms with E-state index in [4.69, 9.17) is 31.5 Å². The normalized spacial score (nSPS) is 19.2. The SMILES string of the molecule is Cc1ccc(C(=O)OC[C@H]2O[C@@H](n3cnc4c(Cl)nc(N)nc43)CC2OC(=O)c2ccc(C)cc2)cc1. The smallest absolute Gasteiger partial charge is 0.338 e. The van der Waals surface area contributed by atoms with Crippen molar-refractivity contribution in [3.8, 4) is 0 Å². The van der Waals surface area contributed by atoms with Crippen molar-refractivity contribution in [1.82, 2.24) is 19.5 Å². The standard InChI is InChI=1S/C26H24ClN5O5/c1-14-3-7-16(8-4-14)24(33)35-12-19-18(37-25(34)17-9-5-15(2)6-10-17)11-20(36-19)32-13-29-21-22(27)30-26(28)31-23(21)32/h3-10,13,18-20H,11-12H2,1-2H3,(H2,28,30,31)/t18?,19-,20-/m1/s1. The van der Waals surface area contributed by atoms with E-state index in [1.807, 2.05) is 38.1 Å². The summed E-state index contributed by atoms with van der Waals surface area (Å²) in [6.45, 7) is 3.74. The highest BCUT2D eigenvalue weighted by Gasteiger charge is 2.40. The van der Waals surface area contributed by atoms with Gasteiger partial charge in [-0.3, -0.25) is 4.57 Å². The molecule has 1 aliphatic heterocycles. The zero-order chi connectivity index (χ0) is 26.1. The fourth-order valence-corrected chi connectivity index (χ4v) is 4.30. The van der Waals surface area contributed by atoms with Gasteiger partial charge in [0.25, 0.3) is 0 Å². The highest BCUT2D eigenvalue weighted by molar-refractivity contribution is 6.33. The third-order valence-electron chi connectivity index (χ3n) is 6.10. The molecular weight excluding hydrogens is 498 g/mol. The number of imidazole rings is 1. The minimum Gasteiger partial charge on any atom is -0.459 e. The second-order valence-electron chi connectivity index (χ2n) is 8.84. The molecule has 37 heavy (non-hydrogen) atoms. The Bertz CT molecular complexity index is 1460. The second kappa shape index (κ2) is 10.2. The number of ether oxygens (including phenoxy) is 3. The van der Waals surface area contributed by atoms with Gasteiger partial charge in [0.1, 0.15) is 30.6 Å². The monoisotopic (exact) mass is 521 g/mol. The quantitative estimate of drug-likeness (QED) is 0.295. The third kappa shape index (κ3) is 5.25. The lowest BCUT2D eigenvalue weighted by atomic mass is 10.1. The average Bonchev–Trinajstić information content (AvgIpc) is 3.47. The Hall–Kier alpha value is -4.02. The summed E-state index contributed by atoms with van der Waals surface area (Å²) >= 11 is 6.17. The summed E-state index contributed by atoms with van der Waals surface area (Å²) in [4.78, 5) is 37.9. The minimum atomic E-state index is -0.735. The molecule has 10 nitrogen and oxygen atoms in total. The van der Waals surface area contributed by atoms with Crippen LogP contribution in [0.25, 0.3) is 11.2 Å². The molecule has 2 aromatic heterocycles.